The van der Waals surface area contributed by atoms with Gasteiger partial charge >= 0.3 is 6.18 Å². The van der Waals surface area contributed by atoms with Crippen LogP contribution in [0.4, 0.5) is 18.9 Å². The number of halogens is 4. The lowest BCUT2D eigenvalue weighted by Gasteiger charge is -2.15. The highest BCUT2D eigenvalue weighted by Gasteiger charge is 2.30. The van der Waals surface area contributed by atoms with Crippen LogP contribution in [0.3, 0.4) is 0 Å². The molecule has 7 heteroatoms. The lowest BCUT2D eigenvalue weighted by Crippen LogP contribution is -2.34. The Morgan fingerprint density at radius 3 is 2.44 bits per heavy atom. The Labute approximate surface area is 117 Å². The molecule has 0 bridgehead atoms. The summed E-state index contributed by atoms with van der Waals surface area (Å²) in [5.41, 5.74) is -0.441. The summed E-state index contributed by atoms with van der Waals surface area (Å²) >= 11 is 8.16. The van der Waals surface area contributed by atoms with Crippen LogP contribution in [0, 0.1) is 0 Å². The summed E-state index contributed by atoms with van der Waals surface area (Å²) < 4.78 is 38.2. The van der Waals surface area contributed by atoms with Gasteiger partial charge in [-0.25, -0.2) is 0 Å². The Morgan fingerprint density at radius 1 is 1.33 bits per heavy atom. The molecule has 2 N–H and O–H groups in total. The highest BCUT2D eigenvalue weighted by molar-refractivity contribution is 9.10. The van der Waals surface area contributed by atoms with Crippen molar-refractivity contribution in [2.45, 2.75) is 26.1 Å². The molecule has 0 aliphatic heterocycles. The molecule has 0 saturated heterocycles. The first kappa shape index (κ1) is 15.2. The molecule has 0 spiro atoms. The van der Waals surface area contributed by atoms with Crippen LogP contribution < -0.4 is 10.6 Å². The monoisotopic (exact) mass is 340 g/mol. The first-order chi connectivity index (χ1) is 8.20. The molecule has 0 aliphatic rings. The van der Waals surface area contributed by atoms with Crippen molar-refractivity contribution in [1.82, 2.24) is 5.32 Å². The molecule has 100 valence electrons. The van der Waals surface area contributed by atoms with Crippen LogP contribution in [-0.4, -0.2) is 11.2 Å². The molecule has 0 atom stereocenters. The second-order valence-electron chi connectivity index (χ2n) is 3.95. The van der Waals surface area contributed by atoms with E-state index < -0.39 is 11.7 Å². The fourth-order valence-corrected chi connectivity index (χ4v) is 1.91. The van der Waals surface area contributed by atoms with Gasteiger partial charge in [-0.05, 0) is 60.2 Å². The van der Waals surface area contributed by atoms with E-state index in [1.807, 2.05) is 13.8 Å². The Morgan fingerprint density at radius 2 is 1.94 bits per heavy atom. The Hall–Kier alpha value is -0.820. The van der Waals surface area contributed by atoms with Crippen LogP contribution in [0.15, 0.2) is 22.7 Å². The molecule has 0 heterocycles. The van der Waals surface area contributed by atoms with Crippen LogP contribution in [-0.2, 0) is 6.18 Å². The zero-order valence-corrected chi connectivity index (χ0v) is 12.1. The molecular formula is C11H12BrF3N2S. The third-order valence-electron chi connectivity index (χ3n) is 1.96. The Kier molecular flexibility index (Phi) is 4.98. The second kappa shape index (κ2) is 5.88. The fourth-order valence-electron chi connectivity index (χ4n) is 1.22. The molecule has 0 aliphatic carbocycles. The first-order valence-corrected chi connectivity index (χ1v) is 6.34. The number of nitrogens with one attached hydrogen (secondary N) is 2. The van der Waals surface area contributed by atoms with Crippen molar-refractivity contribution in [1.29, 1.82) is 0 Å². The standard InChI is InChI=1S/C11H12BrF3N2S/c1-6(2)16-10(18)17-9-5-7(11(13,14)15)3-4-8(9)12/h3-6H,1-2H3,(H2,16,17,18). The number of rotatable bonds is 2. The van der Waals surface area contributed by atoms with Crippen molar-refractivity contribution in [3.05, 3.63) is 28.2 Å². The van der Waals surface area contributed by atoms with Gasteiger partial charge in [-0.3, -0.25) is 0 Å². The molecule has 1 aromatic carbocycles. The van der Waals surface area contributed by atoms with E-state index in [-0.39, 0.29) is 16.8 Å². The molecule has 0 saturated carbocycles. The summed E-state index contributed by atoms with van der Waals surface area (Å²) in [5.74, 6) is 0. The van der Waals surface area contributed by atoms with Crippen LogP contribution >= 0.6 is 28.1 Å². The van der Waals surface area contributed by atoms with Crippen molar-refractivity contribution in [2.75, 3.05) is 5.32 Å². The van der Waals surface area contributed by atoms with Crippen LogP contribution in [0.25, 0.3) is 0 Å². The molecule has 0 aromatic heterocycles. The average molecular weight is 341 g/mol. The summed E-state index contributed by atoms with van der Waals surface area (Å²) in [4.78, 5) is 0. The van der Waals surface area contributed by atoms with Crippen LogP contribution in [0.2, 0.25) is 0 Å². The predicted molar refractivity (Wildman–Crippen MR) is 73.6 cm³/mol. The van der Waals surface area contributed by atoms with Crippen molar-refractivity contribution >= 4 is 38.9 Å². The Balaban J connectivity index is 2.92. The third-order valence-corrected chi connectivity index (χ3v) is 2.87. The minimum Gasteiger partial charge on any atom is -0.360 e. The minimum atomic E-state index is -4.37. The summed E-state index contributed by atoms with van der Waals surface area (Å²) in [6.45, 7) is 3.77. The van der Waals surface area contributed by atoms with E-state index >= 15 is 0 Å². The third kappa shape index (κ3) is 4.45. The van der Waals surface area contributed by atoms with Gasteiger partial charge in [-0.15, -0.1) is 0 Å². The summed E-state index contributed by atoms with van der Waals surface area (Å²) in [7, 11) is 0. The van der Waals surface area contributed by atoms with Gasteiger partial charge in [0.2, 0.25) is 0 Å². The number of anilines is 1. The number of thiocarbonyl (C=S) groups is 1. The van der Waals surface area contributed by atoms with E-state index in [4.69, 9.17) is 12.2 Å². The lowest BCUT2D eigenvalue weighted by atomic mass is 10.2. The van der Waals surface area contributed by atoms with E-state index in [0.29, 0.717) is 4.47 Å². The number of hydrogen-bond acceptors (Lipinski definition) is 1. The molecular weight excluding hydrogens is 329 g/mol. The zero-order chi connectivity index (χ0) is 13.9. The molecule has 0 radical (unpaired) electrons. The number of alkyl halides is 3. The molecule has 2 nitrogen and oxygen atoms in total. The van der Waals surface area contributed by atoms with Crippen LogP contribution in [0.1, 0.15) is 19.4 Å². The van der Waals surface area contributed by atoms with E-state index in [2.05, 4.69) is 26.6 Å². The van der Waals surface area contributed by atoms with Gasteiger partial charge in [0.1, 0.15) is 0 Å². The van der Waals surface area contributed by atoms with Gasteiger partial charge in [0.15, 0.2) is 5.11 Å². The highest BCUT2D eigenvalue weighted by atomic mass is 79.9. The SMILES string of the molecule is CC(C)NC(=S)Nc1cc(C(F)(F)F)ccc1Br. The van der Waals surface area contributed by atoms with E-state index in [1.54, 1.807) is 0 Å². The highest BCUT2D eigenvalue weighted by Crippen LogP contribution is 2.33. The van der Waals surface area contributed by atoms with Crippen molar-refractivity contribution in [3.8, 4) is 0 Å². The van der Waals surface area contributed by atoms with Gasteiger partial charge < -0.3 is 10.6 Å². The van der Waals surface area contributed by atoms with E-state index in [1.165, 1.54) is 6.07 Å². The maximum absolute atomic E-state index is 12.6. The molecule has 18 heavy (non-hydrogen) atoms. The summed E-state index contributed by atoms with van der Waals surface area (Å²) in [6.07, 6.45) is -4.37. The van der Waals surface area contributed by atoms with Gasteiger partial charge in [0.25, 0.3) is 0 Å². The summed E-state index contributed by atoms with van der Waals surface area (Å²) in [6, 6.07) is 3.46. The quantitative estimate of drug-likeness (QED) is 0.790. The maximum atomic E-state index is 12.6. The molecule has 0 amide bonds. The van der Waals surface area contributed by atoms with Gasteiger partial charge in [-0.2, -0.15) is 13.2 Å². The van der Waals surface area contributed by atoms with E-state index in [0.717, 1.165) is 12.1 Å². The molecule has 1 rings (SSSR count). The molecule has 1 aromatic rings. The average Bonchev–Trinajstić information content (AvgIpc) is 2.18. The van der Waals surface area contributed by atoms with Gasteiger partial charge in [0.05, 0.1) is 11.3 Å². The van der Waals surface area contributed by atoms with Crippen molar-refractivity contribution in [3.63, 3.8) is 0 Å². The first-order valence-electron chi connectivity index (χ1n) is 5.14. The van der Waals surface area contributed by atoms with E-state index in [9.17, 15) is 13.2 Å². The fraction of sp³-hybridized carbons (Fsp3) is 0.364. The smallest absolute Gasteiger partial charge is 0.360 e. The number of hydrogen-bond donors (Lipinski definition) is 2. The van der Waals surface area contributed by atoms with Crippen molar-refractivity contribution < 1.29 is 13.2 Å². The lowest BCUT2D eigenvalue weighted by molar-refractivity contribution is -0.137. The maximum Gasteiger partial charge on any atom is 0.416 e. The molecule has 0 unspecified atom stereocenters. The summed E-state index contributed by atoms with van der Waals surface area (Å²) in [5, 5.41) is 5.90. The predicted octanol–water partition coefficient (Wildman–Crippen LogP) is 4.16. The largest absolute Gasteiger partial charge is 0.416 e. The van der Waals surface area contributed by atoms with Gasteiger partial charge in [0, 0.05) is 10.5 Å². The van der Waals surface area contributed by atoms with Crippen LogP contribution in [0.5, 0.6) is 0 Å². The Bertz CT molecular complexity index is 446. The number of benzene rings is 1. The second-order valence-corrected chi connectivity index (χ2v) is 5.21. The topological polar surface area (TPSA) is 24.1 Å². The molecule has 0 fully saturated rings. The minimum absolute atomic E-state index is 0.106. The zero-order valence-electron chi connectivity index (χ0n) is 9.73. The van der Waals surface area contributed by atoms with Crippen molar-refractivity contribution in [2.24, 2.45) is 0 Å². The normalized spacial score (nSPS) is 11.5. The van der Waals surface area contributed by atoms with Gasteiger partial charge in [-0.1, -0.05) is 0 Å².